The highest BCUT2D eigenvalue weighted by Crippen LogP contribution is 2.42. The third-order valence-corrected chi connectivity index (χ3v) is 3.64. The van der Waals surface area contributed by atoms with Gasteiger partial charge in [-0.3, -0.25) is 0 Å². The van der Waals surface area contributed by atoms with Gasteiger partial charge in [0.1, 0.15) is 6.17 Å². The average molecular weight is 240 g/mol. The van der Waals surface area contributed by atoms with E-state index in [1.165, 1.54) is 11.3 Å². The Kier molecular flexibility index (Phi) is 2.44. The Balaban J connectivity index is 2.16. The van der Waals surface area contributed by atoms with Crippen LogP contribution in [-0.2, 0) is 0 Å². The van der Waals surface area contributed by atoms with E-state index < -0.39 is 0 Å². The molecule has 0 aliphatic carbocycles. The van der Waals surface area contributed by atoms with Crippen LogP contribution in [0, 0.1) is 6.92 Å². The predicted octanol–water partition coefficient (Wildman–Crippen LogP) is 2.72. The lowest BCUT2D eigenvalue weighted by atomic mass is 10.1. The molecule has 1 atom stereocenters. The fourth-order valence-corrected chi connectivity index (χ4v) is 2.51. The van der Waals surface area contributed by atoms with Crippen LogP contribution in [0.25, 0.3) is 0 Å². The first-order chi connectivity index (χ1) is 8.70. The first-order valence-electron chi connectivity index (χ1n) is 6.08. The number of anilines is 3. The lowest BCUT2D eigenvalue weighted by molar-refractivity contribution is 0.732. The predicted molar refractivity (Wildman–Crippen MR) is 73.2 cm³/mol. The fourth-order valence-electron chi connectivity index (χ4n) is 2.51. The van der Waals surface area contributed by atoms with E-state index in [1.807, 2.05) is 12.4 Å². The highest BCUT2D eigenvalue weighted by atomic mass is 15.4. The molecule has 0 fully saturated rings. The highest BCUT2D eigenvalue weighted by Gasteiger charge is 2.32. The summed E-state index contributed by atoms with van der Waals surface area (Å²) in [4.78, 5) is 4.52. The van der Waals surface area contributed by atoms with Crippen LogP contribution in [0.3, 0.4) is 0 Å². The van der Waals surface area contributed by atoms with Gasteiger partial charge in [-0.25, -0.2) is 0 Å². The molecule has 3 rings (SSSR count). The van der Waals surface area contributed by atoms with Crippen molar-refractivity contribution in [1.82, 2.24) is 10.2 Å². The van der Waals surface area contributed by atoms with Crippen molar-refractivity contribution in [1.29, 1.82) is 0 Å². The second-order valence-electron chi connectivity index (χ2n) is 4.66. The molecule has 4 nitrogen and oxygen atoms in total. The molecule has 0 spiro atoms. The number of para-hydroxylation sites is 1. The van der Waals surface area contributed by atoms with E-state index in [4.69, 9.17) is 0 Å². The molecule has 18 heavy (non-hydrogen) atoms. The second-order valence-corrected chi connectivity index (χ2v) is 4.66. The zero-order valence-electron chi connectivity index (χ0n) is 10.8. The first-order valence-corrected chi connectivity index (χ1v) is 6.08. The molecule has 0 bridgehead atoms. The van der Waals surface area contributed by atoms with Crippen molar-refractivity contribution >= 4 is 17.1 Å². The van der Waals surface area contributed by atoms with Crippen molar-refractivity contribution in [2.75, 3.05) is 16.8 Å². The van der Waals surface area contributed by atoms with Gasteiger partial charge in [0.05, 0.1) is 23.8 Å². The Labute approximate surface area is 107 Å². The van der Waals surface area contributed by atoms with Crippen LogP contribution < -0.4 is 9.80 Å². The average Bonchev–Trinajstić information content (AvgIpc) is 2.64. The number of benzene rings is 1. The molecule has 1 aliphatic rings. The molecule has 1 aliphatic heterocycles. The van der Waals surface area contributed by atoms with Crippen LogP contribution in [0.15, 0.2) is 36.7 Å². The summed E-state index contributed by atoms with van der Waals surface area (Å²) in [5.74, 6) is 0. The third-order valence-electron chi connectivity index (χ3n) is 3.64. The molecule has 0 saturated carbocycles. The highest BCUT2D eigenvalue weighted by molar-refractivity contribution is 5.82. The molecule has 0 radical (unpaired) electrons. The lowest BCUT2D eigenvalue weighted by Crippen LogP contribution is -2.35. The maximum Gasteiger partial charge on any atom is 0.103 e. The number of aromatic nitrogens is 2. The zero-order chi connectivity index (χ0) is 12.7. The summed E-state index contributed by atoms with van der Waals surface area (Å²) in [6.45, 7) is 4.32. The Hall–Kier alpha value is -2.10. The number of nitrogens with zero attached hydrogens (tertiary/aromatic N) is 4. The van der Waals surface area contributed by atoms with Crippen molar-refractivity contribution in [2.24, 2.45) is 0 Å². The lowest BCUT2D eigenvalue weighted by Gasteiger charge is -2.28. The van der Waals surface area contributed by atoms with Gasteiger partial charge in [-0.1, -0.05) is 18.2 Å². The topological polar surface area (TPSA) is 32.3 Å². The minimum absolute atomic E-state index is 0.270. The van der Waals surface area contributed by atoms with E-state index in [-0.39, 0.29) is 6.17 Å². The van der Waals surface area contributed by atoms with Crippen LogP contribution in [-0.4, -0.2) is 23.4 Å². The van der Waals surface area contributed by atoms with E-state index in [9.17, 15) is 0 Å². The van der Waals surface area contributed by atoms with E-state index in [0.29, 0.717) is 0 Å². The van der Waals surface area contributed by atoms with Crippen molar-refractivity contribution in [3.63, 3.8) is 0 Å². The molecular weight excluding hydrogens is 224 g/mol. The van der Waals surface area contributed by atoms with E-state index in [0.717, 1.165) is 11.4 Å². The molecule has 0 saturated heterocycles. The third kappa shape index (κ3) is 1.45. The largest absolute Gasteiger partial charge is 0.351 e. The van der Waals surface area contributed by atoms with Crippen molar-refractivity contribution in [3.8, 4) is 0 Å². The van der Waals surface area contributed by atoms with E-state index in [1.54, 1.807) is 0 Å². The summed E-state index contributed by atoms with van der Waals surface area (Å²) >= 11 is 0. The molecular formula is C14H16N4. The molecule has 2 aromatic rings. The Morgan fingerprint density at radius 3 is 2.39 bits per heavy atom. The number of fused-ring (bicyclic) bond motifs is 1. The summed E-state index contributed by atoms with van der Waals surface area (Å²) in [6, 6.07) is 8.42. The maximum absolute atomic E-state index is 4.01. The van der Waals surface area contributed by atoms with Crippen molar-refractivity contribution in [2.45, 2.75) is 20.0 Å². The monoisotopic (exact) mass is 240 g/mol. The zero-order valence-corrected chi connectivity index (χ0v) is 10.8. The van der Waals surface area contributed by atoms with Crippen LogP contribution in [0.4, 0.5) is 17.1 Å². The fraction of sp³-hybridized carbons (Fsp3) is 0.286. The molecule has 1 aromatic carbocycles. The summed E-state index contributed by atoms with van der Waals surface area (Å²) < 4.78 is 0. The van der Waals surface area contributed by atoms with Gasteiger partial charge in [0.25, 0.3) is 0 Å². The summed E-state index contributed by atoms with van der Waals surface area (Å²) in [7, 11) is 2.09. The Morgan fingerprint density at radius 1 is 1.00 bits per heavy atom. The standard InChI is InChI=1S/C14H16N4/c1-10-6-4-5-7-12(10)18-11(2)17(3)13-8-15-16-9-14(13)18/h4-9,11H,1-3H3/t11-/m0/s1. The maximum atomic E-state index is 4.01. The van der Waals surface area contributed by atoms with Crippen LogP contribution in [0.5, 0.6) is 0 Å². The molecule has 2 heterocycles. The number of hydrogen-bond acceptors (Lipinski definition) is 4. The van der Waals surface area contributed by atoms with Gasteiger partial charge in [-0.05, 0) is 25.5 Å². The van der Waals surface area contributed by atoms with Crippen molar-refractivity contribution in [3.05, 3.63) is 42.2 Å². The summed E-state index contributed by atoms with van der Waals surface area (Å²) in [6.07, 6.45) is 3.93. The molecule has 0 unspecified atom stereocenters. The number of hydrogen-bond donors (Lipinski definition) is 0. The molecule has 0 amide bonds. The minimum Gasteiger partial charge on any atom is -0.351 e. The van der Waals surface area contributed by atoms with Crippen LogP contribution in [0.2, 0.25) is 0 Å². The molecule has 1 aromatic heterocycles. The van der Waals surface area contributed by atoms with Crippen LogP contribution >= 0.6 is 0 Å². The Morgan fingerprint density at radius 2 is 1.67 bits per heavy atom. The quantitative estimate of drug-likeness (QED) is 0.767. The Bertz CT molecular complexity index is 582. The smallest absolute Gasteiger partial charge is 0.103 e. The van der Waals surface area contributed by atoms with Crippen LogP contribution in [0.1, 0.15) is 12.5 Å². The van der Waals surface area contributed by atoms with Gasteiger partial charge >= 0.3 is 0 Å². The summed E-state index contributed by atoms with van der Waals surface area (Å²) in [5, 5.41) is 7.99. The van der Waals surface area contributed by atoms with Gasteiger partial charge in [0.15, 0.2) is 0 Å². The number of aryl methyl sites for hydroxylation is 1. The van der Waals surface area contributed by atoms with Gasteiger partial charge in [0, 0.05) is 12.7 Å². The normalized spacial score (nSPS) is 18.1. The molecule has 92 valence electrons. The SMILES string of the molecule is Cc1ccccc1N1c2cnncc2N(C)[C@@H]1C. The van der Waals surface area contributed by atoms with Gasteiger partial charge in [0.2, 0.25) is 0 Å². The number of rotatable bonds is 1. The second kappa shape index (κ2) is 3.98. The van der Waals surface area contributed by atoms with Gasteiger partial charge < -0.3 is 9.80 Å². The first kappa shape index (κ1) is 11.0. The molecule has 4 heteroatoms. The minimum atomic E-state index is 0.270. The van der Waals surface area contributed by atoms with Gasteiger partial charge in [-0.15, -0.1) is 0 Å². The van der Waals surface area contributed by atoms with Crippen molar-refractivity contribution < 1.29 is 0 Å². The van der Waals surface area contributed by atoms with E-state index >= 15 is 0 Å². The van der Waals surface area contributed by atoms with E-state index in [2.05, 4.69) is 65.2 Å². The summed E-state index contributed by atoms with van der Waals surface area (Å²) in [5.41, 5.74) is 4.74. The van der Waals surface area contributed by atoms with Gasteiger partial charge in [-0.2, -0.15) is 10.2 Å². The molecule has 0 N–H and O–H groups in total.